The van der Waals surface area contributed by atoms with E-state index in [4.69, 9.17) is 32.7 Å². The van der Waals surface area contributed by atoms with Crippen LogP contribution in [0, 0.1) is 0 Å². The number of rotatable bonds is 12. The summed E-state index contributed by atoms with van der Waals surface area (Å²) >= 11 is 13.2. The van der Waals surface area contributed by atoms with Gasteiger partial charge in [-0.3, -0.25) is 9.59 Å². The summed E-state index contributed by atoms with van der Waals surface area (Å²) in [5.41, 5.74) is 2.21. The van der Waals surface area contributed by atoms with Crippen LogP contribution >= 0.6 is 23.2 Å². The highest BCUT2D eigenvalue weighted by atomic mass is 35.5. The van der Waals surface area contributed by atoms with Crippen LogP contribution in [-0.4, -0.2) is 67.7 Å². The fraction of sp³-hybridized carbons (Fsp3) is 0.462. The van der Waals surface area contributed by atoms with E-state index in [1.54, 1.807) is 68.1 Å². The second-order valence-electron chi connectivity index (χ2n) is 14.8. The van der Waals surface area contributed by atoms with Crippen molar-refractivity contribution in [3.05, 3.63) is 99.0 Å². The van der Waals surface area contributed by atoms with Crippen LogP contribution < -0.4 is 14.8 Å². The Morgan fingerprint density at radius 3 is 2.35 bits per heavy atom. The molecule has 0 saturated heterocycles. The first-order valence-corrected chi connectivity index (χ1v) is 20.2. The third kappa shape index (κ3) is 10.3. The van der Waals surface area contributed by atoms with E-state index in [0.29, 0.717) is 46.2 Å². The summed E-state index contributed by atoms with van der Waals surface area (Å²) in [6, 6.07) is 17.9. The molecule has 5 rings (SSSR count). The number of esters is 1. The average Bonchev–Trinajstić information content (AvgIpc) is 3.05. The van der Waals surface area contributed by atoms with Crippen molar-refractivity contribution in [2.24, 2.45) is 0 Å². The maximum absolute atomic E-state index is 14.5. The van der Waals surface area contributed by atoms with Crippen molar-refractivity contribution < 1.29 is 32.3 Å². The summed E-state index contributed by atoms with van der Waals surface area (Å²) in [6.45, 7) is 7.11. The van der Waals surface area contributed by atoms with Gasteiger partial charge in [-0.05, 0) is 94.0 Å². The quantitative estimate of drug-likeness (QED) is 0.190. The number of halogens is 2. The van der Waals surface area contributed by atoms with E-state index in [1.807, 2.05) is 31.2 Å². The zero-order valence-corrected chi connectivity index (χ0v) is 32.5. The Hall–Kier alpha value is -3.64. The Bertz CT molecular complexity index is 1880. The lowest BCUT2D eigenvalue weighted by molar-refractivity contribution is -0.157. The Morgan fingerprint density at radius 1 is 0.981 bits per heavy atom. The molecule has 0 radical (unpaired) electrons. The van der Waals surface area contributed by atoms with Crippen molar-refractivity contribution >= 4 is 51.0 Å². The topological polar surface area (TPSA) is 131 Å². The first-order valence-electron chi connectivity index (χ1n) is 17.6. The molecule has 1 unspecified atom stereocenters. The zero-order valence-electron chi connectivity index (χ0n) is 30.2. The Kier molecular flexibility index (Phi) is 12.6. The molecule has 52 heavy (non-hydrogen) atoms. The minimum atomic E-state index is -3.58. The van der Waals surface area contributed by atoms with Gasteiger partial charge in [0.1, 0.15) is 11.4 Å². The lowest BCUT2D eigenvalue weighted by atomic mass is 9.75. The van der Waals surface area contributed by atoms with E-state index in [9.17, 15) is 22.8 Å². The monoisotopic (exact) mass is 771 g/mol. The van der Waals surface area contributed by atoms with Gasteiger partial charge in [-0.15, -0.1) is 0 Å². The van der Waals surface area contributed by atoms with Gasteiger partial charge in [-0.2, -0.15) is 0 Å². The van der Waals surface area contributed by atoms with E-state index < -0.39 is 45.6 Å². The highest BCUT2D eigenvalue weighted by Crippen LogP contribution is 2.49. The zero-order chi connectivity index (χ0) is 37.8. The second-order valence-corrected chi connectivity index (χ2v) is 17.4. The van der Waals surface area contributed by atoms with Gasteiger partial charge >= 0.3 is 5.97 Å². The normalized spacial score (nSPS) is 21.2. The largest absolute Gasteiger partial charge is 0.482 e. The maximum atomic E-state index is 14.5. The van der Waals surface area contributed by atoms with E-state index in [0.717, 1.165) is 30.2 Å². The molecular weight excluding hydrogens is 725 g/mol. The van der Waals surface area contributed by atoms with Crippen molar-refractivity contribution in [2.75, 3.05) is 12.9 Å². The number of nitrogens with zero attached hydrogens (tertiary/aromatic N) is 1. The molecule has 1 fully saturated rings. The van der Waals surface area contributed by atoms with Crippen molar-refractivity contribution in [1.82, 2.24) is 14.9 Å². The Balaban J connectivity index is 1.38. The maximum Gasteiger partial charge on any atom is 0.344 e. The molecule has 2 amide bonds. The molecule has 3 aromatic carbocycles. The number of hydrogen-bond donors (Lipinski definition) is 2. The summed E-state index contributed by atoms with van der Waals surface area (Å²) < 4.78 is 38.6. The third-order valence-electron chi connectivity index (χ3n) is 9.29. The number of hydrogen-bond acceptors (Lipinski definition) is 7. The number of amides is 2. The summed E-state index contributed by atoms with van der Waals surface area (Å²) in [4.78, 5) is 42.2. The molecule has 0 bridgehead atoms. The van der Waals surface area contributed by atoms with Crippen LogP contribution in [0.25, 0.3) is 0 Å². The van der Waals surface area contributed by atoms with Gasteiger partial charge in [0.25, 0.3) is 5.91 Å². The molecule has 1 aliphatic carbocycles. The van der Waals surface area contributed by atoms with Crippen LogP contribution in [0.5, 0.6) is 5.75 Å². The molecule has 1 saturated carbocycles. The SMILES string of the molecule is CC(Cc1ccc(OCC(=O)OC(C)(C)C)cc1)NC(=O)C[C@@H]1c2ccccc2C(=O)N([C@H]2CCCC[C@@H]2NS(C)(=O)=O)[C@H]1c1ccc(Cl)cc1Cl. The number of ether oxygens (including phenoxy) is 2. The van der Waals surface area contributed by atoms with Crippen LogP contribution in [-0.2, 0) is 30.8 Å². The minimum absolute atomic E-state index is 0.0447. The van der Waals surface area contributed by atoms with Gasteiger partial charge in [-0.1, -0.05) is 72.4 Å². The second kappa shape index (κ2) is 16.6. The van der Waals surface area contributed by atoms with Gasteiger partial charge in [0, 0.05) is 46.1 Å². The highest BCUT2D eigenvalue weighted by Gasteiger charge is 2.47. The molecule has 10 nitrogen and oxygen atoms in total. The van der Waals surface area contributed by atoms with E-state index in [2.05, 4.69) is 10.0 Å². The average molecular weight is 773 g/mol. The van der Waals surface area contributed by atoms with Gasteiger partial charge < -0.3 is 19.7 Å². The van der Waals surface area contributed by atoms with Gasteiger partial charge in [0.05, 0.1) is 12.3 Å². The molecular formula is C39H47Cl2N3O7S. The standard InChI is InChI=1S/C39H47Cl2N3O7S/c1-24(20-25-14-17-27(18-15-25)50-23-36(46)51-39(2,3)4)42-35(45)22-31-28-10-6-7-11-29(28)38(47)44(37(31)30-19-16-26(40)21-32(30)41)34-13-9-8-12-33(34)43-52(5,48)49/h6-7,10-11,14-19,21,24,31,33-34,37,43H,8-9,12-13,20,22-23H2,1-5H3,(H,42,45)/t24?,31-,33+,34+,37+/m1/s1. The number of carbonyl (C=O) groups is 3. The molecule has 0 aromatic heterocycles. The van der Waals surface area contributed by atoms with Crippen molar-refractivity contribution in [2.45, 2.75) is 102 Å². The van der Waals surface area contributed by atoms with Crippen LogP contribution in [0.1, 0.15) is 98.8 Å². The highest BCUT2D eigenvalue weighted by molar-refractivity contribution is 7.88. The van der Waals surface area contributed by atoms with Crippen LogP contribution in [0.15, 0.2) is 66.7 Å². The van der Waals surface area contributed by atoms with E-state index in [-0.39, 0.29) is 30.9 Å². The number of benzene rings is 3. The molecule has 3 aromatic rings. The Morgan fingerprint density at radius 2 is 1.67 bits per heavy atom. The number of fused-ring (bicyclic) bond motifs is 1. The molecule has 1 aliphatic heterocycles. The van der Waals surface area contributed by atoms with Crippen LogP contribution in [0.2, 0.25) is 10.0 Å². The summed E-state index contributed by atoms with van der Waals surface area (Å²) in [5.74, 6) is -0.862. The Labute approximate surface area is 316 Å². The predicted octanol–water partition coefficient (Wildman–Crippen LogP) is 6.99. The molecule has 2 N–H and O–H groups in total. The van der Waals surface area contributed by atoms with Crippen LogP contribution in [0.4, 0.5) is 0 Å². The van der Waals surface area contributed by atoms with Gasteiger partial charge in [-0.25, -0.2) is 17.9 Å². The molecule has 5 atom stereocenters. The van der Waals surface area contributed by atoms with Crippen molar-refractivity contribution in [3.63, 3.8) is 0 Å². The minimum Gasteiger partial charge on any atom is -0.482 e. The molecule has 280 valence electrons. The third-order valence-corrected chi connectivity index (χ3v) is 10.6. The van der Waals surface area contributed by atoms with Crippen molar-refractivity contribution in [3.8, 4) is 5.75 Å². The van der Waals surface area contributed by atoms with E-state index in [1.165, 1.54) is 0 Å². The molecule has 2 aliphatic rings. The number of sulfonamides is 1. The summed E-state index contributed by atoms with van der Waals surface area (Å²) in [7, 11) is -3.58. The predicted molar refractivity (Wildman–Crippen MR) is 202 cm³/mol. The first-order chi connectivity index (χ1) is 24.5. The molecule has 13 heteroatoms. The lowest BCUT2D eigenvalue weighted by Gasteiger charge is -2.49. The first kappa shape index (κ1) is 39.6. The summed E-state index contributed by atoms with van der Waals surface area (Å²) in [6.07, 6.45) is 4.51. The fourth-order valence-electron chi connectivity index (χ4n) is 7.36. The molecule has 1 heterocycles. The van der Waals surface area contributed by atoms with Gasteiger partial charge in [0.15, 0.2) is 6.61 Å². The lowest BCUT2D eigenvalue weighted by Crippen LogP contribution is -2.58. The van der Waals surface area contributed by atoms with E-state index >= 15 is 0 Å². The van der Waals surface area contributed by atoms with Crippen LogP contribution in [0.3, 0.4) is 0 Å². The molecule has 0 spiro atoms. The smallest absolute Gasteiger partial charge is 0.344 e. The fourth-order valence-corrected chi connectivity index (χ4v) is 8.71. The number of carbonyl (C=O) groups excluding carboxylic acids is 3. The van der Waals surface area contributed by atoms with Crippen molar-refractivity contribution in [1.29, 1.82) is 0 Å². The van der Waals surface area contributed by atoms with Gasteiger partial charge in [0.2, 0.25) is 15.9 Å². The number of nitrogens with one attached hydrogen (secondary N) is 2. The summed E-state index contributed by atoms with van der Waals surface area (Å²) in [5, 5.41) is 3.93.